The molecule has 3 rings (SSSR count). The number of likely N-dealkylation sites (N-methyl/N-ethyl adjacent to an activating group) is 1. The molecular formula is C18H23NO5. The van der Waals surface area contributed by atoms with E-state index in [-0.39, 0.29) is 11.5 Å². The third-order valence-corrected chi connectivity index (χ3v) is 5.53. The summed E-state index contributed by atoms with van der Waals surface area (Å²) in [6.07, 6.45) is 5.29. The van der Waals surface area contributed by atoms with Gasteiger partial charge in [-0.1, -0.05) is 19.3 Å². The Labute approximate surface area is 140 Å². The van der Waals surface area contributed by atoms with Crippen LogP contribution in [0, 0.1) is 6.92 Å². The third-order valence-electron chi connectivity index (χ3n) is 5.53. The predicted octanol–water partition coefficient (Wildman–Crippen LogP) is 2.97. The lowest BCUT2D eigenvalue weighted by molar-refractivity contribution is -0.151. The average Bonchev–Trinajstić information content (AvgIpc) is 2.92. The highest BCUT2D eigenvalue weighted by molar-refractivity contribution is 6.04. The first-order valence-corrected chi connectivity index (χ1v) is 8.55. The van der Waals surface area contributed by atoms with E-state index in [1.54, 1.807) is 6.92 Å². The van der Waals surface area contributed by atoms with Crippen LogP contribution in [0.25, 0.3) is 0 Å². The largest absolute Gasteiger partial charge is 0.479 e. The SMILES string of the molecule is Cc1c(C(=O)N(C)C2(C(=O)O)CCCCC2)oc2c1C(=O)CCC2. The number of rotatable bonds is 3. The zero-order valence-corrected chi connectivity index (χ0v) is 14.2. The fraction of sp³-hybridized carbons (Fsp3) is 0.611. The van der Waals surface area contributed by atoms with Crippen LogP contribution in [0.2, 0.25) is 0 Å². The van der Waals surface area contributed by atoms with Crippen LogP contribution in [0.3, 0.4) is 0 Å². The van der Waals surface area contributed by atoms with Gasteiger partial charge >= 0.3 is 5.97 Å². The molecule has 0 bridgehead atoms. The van der Waals surface area contributed by atoms with E-state index in [2.05, 4.69) is 0 Å². The Bertz CT molecular complexity index is 697. The van der Waals surface area contributed by atoms with Crippen LogP contribution in [0.5, 0.6) is 0 Å². The van der Waals surface area contributed by atoms with Gasteiger partial charge in [0.15, 0.2) is 11.5 Å². The number of hydrogen-bond acceptors (Lipinski definition) is 4. The molecule has 2 aliphatic carbocycles. The molecule has 0 atom stereocenters. The van der Waals surface area contributed by atoms with Crippen LogP contribution in [-0.2, 0) is 11.2 Å². The van der Waals surface area contributed by atoms with Gasteiger partial charge in [-0.25, -0.2) is 4.79 Å². The number of amides is 1. The zero-order chi connectivity index (χ0) is 17.5. The van der Waals surface area contributed by atoms with Crippen molar-refractivity contribution in [2.24, 2.45) is 0 Å². The number of ketones is 1. The Morgan fingerprint density at radius 2 is 1.79 bits per heavy atom. The van der Waals surface area contributed by atoms with Crippen molar-refractivity contribution < 1.29 is 23.9 Å². The lowest BCUT2D eigenvalue weighted by Crippen LogP contribution is -2.56. The molecule has 0 spiro atoms. The van der Waals surface area contributed by atoms with Crippen LogP contribution in [0.4, 0.5) is 0 Å². The fourth-order valence-electron chi connectivity index (χ4n) is 4.03. The molecule has 1 heterocycles. The van der Waals surface area contributed by atoms with E-state index in [1.165, 1.54) is 11.9 Å². The number of carbonyl (C=O) groups is 3. The van der Waals surface area contributed by atoms with Crippen LogP contribution in [-0.4, -0.2) is 40.3 Å². The first-order valence-electron chi connectivity index (χ1n) is 8.55. The van der Waals surface area contributed by atoms with Crippen LogP contribution in [0.1, 0.15) is 77.2 Å². The summed E-state index contributed by atoms with van der Waals surface area (Å²) in [4.78, 5) is 38.3. The van der Waals surface area contributed by atoms with Crippen LogP contribution < -0.4 is 0 Å². The predicted molar refractivity (Wildman–Crippen MR) is 86.3 cm³/mol. The molecule has 1 fully saturated rings. The molecule has 1 N–H and O–H groups in total. The van der Waals surface area contributed by atoms with Crippen molar-refractivity contribution in [1.82, 2.24) is 4.90 Å². The number of hydrogen-bond donors (Lipinski definition) is 1. The molecule has 0 aliphatic heterocycles. The molecule has 1 aromatic rings. The molecule has 0 radical (unpaired) electrons. The molecule has 2 aliphatic rings. The van der Waals surface area contributed by atoms with Crippen molar-refractivity contribution in [2.75, 3.05) is 7.05 Å². The molecule has 0 saturated heterocycles. The second-order valence-electron chi connectivity index (χ2n) is 6.89. The lowest BCUT2D eigenvalue weighted by Gasteiger charge is -2.40. The Morgan fingerprint density at radius 3 is 2.38 bits per heavy atom. The third kappa shape index (κ3) is 2.44. The average molecular weight is 333 g/mol. The maximum Gasteiger partial charge on any atom is 0.329 e. The standard InChI is InChI=1S/C18H23NO5/c1-11-14-12(20)7-6-8-13(14)24-15(11)16(21)19(2)18(17(22)23)9-4-3-5-10-18/h3-10H2,1-2H3,(H,22,23). The molecule has 0 unspecified atom stereocenters. The van der Waals surface area contributed by atoms with Gasteiger partial charge in [-0.3, -0.25) is 9.59 Å². The second kappa shape index (κ2) is 6.07. The number of carboxylic acid groups (broad SMARTS) is 1. The van der Waals surface area contributed by atoms with Crippen molar-refractivity contribution in [2.45, 2.75) is 63.8 Å². The minimum absolute atomic E-state index is 0.00446. The van der Waals surface area contributed by atoms with Gasteiger partial charge in [-0.15, -0.1) is 0 Å². The number of Topliss-reactive ketones (excluding diaryl/α,β-unsaturated/α-hetero) is 1. The van der Waals surface area contributed by atoms with E-state index in [4.69, 9.17) is 4.42 Å². The highest BCUT2D eigenvalue weighted by Crippen LogP contribution is 2.36. The summed E-state index contributed by atoms with van der Waals surface area (Å²) < 4.78 is 5.70. The fourth-order valence-corrected chi connectivity index (χ4v) is 4.03. The van der Waals surface area contributed by atoms with E-state index in [9.17, 15) is 19.5 Å². The van der Waals surface area contributed by atoms with Gasteiger partial charge in [0.05, 0.1) is 5.56 Å². The van der Waals surface area contributed by atoms with Gasteiger partial charge in [0.1, 0.15) is 11.3 Å². The number of carboxylic acids is 1. The van der Waals surface area contributed by atoms with Gasteiger partial charge in [-0.2, -0.15) is 0 Å². The highest BCUT2D eigenvalue weighted by atomic mass is 16.4. The monoisotopic (exact) mass is 333 g/mol. The molecule has 130 valence electrons. The van der Waals surface area contributed by atoms with Crippen LogP contribution >= 0.6 is 0 Å². The number of fused-ring (bicyclic) bond motifs is 1. The van der Waals surface area contributed by atoms with E-state index in [1.807, 2.05) is 0 Å². The maximum atomic E-state index is 13.0. The summed E-state index contributed by atoms with van der Waals surface area (Å²) in [6.45, 7) is 1.71. The molecule has 0 aromatic carbocycles. The maximum absolute atomic E-state index is 13.0. The highest BCUT2D eigenvalue weighted by Gasteiger charge is 2.46. The number of aryl methyl sites for hydroxylation is 1. The molecule has 24 heavy (non-hydrogen) atoms. The molecule has 1 saturated carbocycles. The Balaban J connectivity index is 1.96. The molecule has 1 aromatic heterocycles. The number of nitrogens with zero attached hydrogens (tertiary/aromatic N) is 1. The van der Waals surface area contributed by atoms with E-state index in [0.29, 0.717) is 42.6 Å². The van der Waals surface area contributed by atoms with Crippen molar-refractivity contribution in [1.29, 1.82) is 0 Å². The van der Waals surface area contributed by atoms with Gasteiger partial charge in [0, 0.05) is 25.5 Å². The Kier molecular flexibility index (Phi) is 4.24. The minimum Gasteiger partial charge on any atom is -0.479 e. The van der Waals surface area contributed by atoms with Gasteiger partial charge in [0.2, 0.25) is 0 Å². The summed E-state index contributed by atoms with van der Waals surface area (Å²) in [5, 5.41) is 9.75. The Morgan fingerprint density at radius 1 is 1.12 bits per heavy atom. The lowest BCUT2D eigenvalue weighted by atomic mass is 9.80. The van der Waals surface area contributed by atoms with E-state index < -0.39 is 17.4 Å². The van der Waals surface area contributed by atoms with Crippen molar-refractivity contribution in [3.8, 4) is 0 Å². The summed E-state index contributed by atoms with van der Waals surface area (Å²) >= 11 is 0. The summed E-state index contributed by atoms with van der Waals surface area (Å²) in [5.41, 5.74) is -0.118. The molecule has 1 amide bonds. The summed E-state index contributed by atoms with van der Waals surface area (Å²) in [7, 11) is 1.53. The van der Waals surface area contributed by atoms with Gasteiger partial charge in [0.25, 0.3) is 5.91 Å². The van der Waals surface area contributed by atoms with Crippen molar-refractivity contribution in [3.05, 3.63) is 22.6 Å². The minimum atomic E-state index is -1.18. The van der Waals surface area contributed by atoms with E-state index >= 15 is 0 Å². The first-order chi connectivity index (χ1) is 11.4. The van der Waals surface area contributed by atoms with E-state index in [0.717, 1.165) is 25.7 Å². The number of carbonyl (C=O) groups excluding carboxylic acids is 2. The van der Waals surface area contributed by atoms with Crippen molar-refractivity contribution >= 4 is 17.7 Å². The number of aliphatic carboxylic acids is 1. The van der Waals surface area contributed by atoms with Gasteiger partial charge < -0.3 is 14.4 Å². The summed E-state index contributed by atoms with van der Waals surface area (Å²) in [5.74, 6) is -0.732. The summed E-state index contributed by atoms with van der Waals surface area (Å²) in [6, 6.07) is 0. The van der Waals surface area contributed by atoms with Gasteiger partial charge in [-0.05, 0) is 26.2 Å². The normalized spacial score (nSPS) is 19.7. The molecule has 6 heteroatoms. The first kappa shape index (κ1) is 16.7. The quantitative estimate of drug-likeness (QED) is 0.919. The topological polar surface area (TPSA) is 87.8 Å². The molecular weight excluding hydrogens is 310 g/mol. The second-order valence-corrected chi connectivity index (χ2v) is 6.89. The smallest absolute Gasteiger partial charge is 0.329 e. The number of furan rings is 1. The van der Waals surface area contributed by atoms with Crippen LogP contribution in [0.15, 0.2) is 4.42 Å². The molecule has 6 nitrogen and oxygen atoms in total. The Hall–Kier alpha value is -2.11. The van der Waals surface area contributed by atoms with Crippen molar-refractivity contribution in [3.63, 3.8) is 0 Å². The zero-order valence-electron chi connectivity index (χ0n) is 14.2.